The SMILES string of the molecule is CNC(C)c1ccc(OCc2cccc(C)c2)cc1. The molecule has 0 radical (unpaired) electrons. The Morgan fingerprint density at radius 1 is 1.11 bits per heavy atom. The second-order valence-electron chi connectivity index (χ2n) is 4.86. The Bertz CT molecular complexity index is 519. The predicted molar refractivity (Wildman–Crippen MR) is 79.4 cm³/mol. The van der Waals surface area contributed by atoms with E-state index in [-0.39, 0.29) is 0 Å². The molecule has 0 aliphatic heterocycles. The lowest BCUT2D eigenvalue weighted by molar-refractivity contribution is 0.306. The number of rotatable bonds is 5. The van der Waals surface area contributed by atoms with Gasteiger partial charge < -0.3 is 10.1 Å². The first-order valence-corrected chi connectivity index (χ1v) is 6.64. The molecule has 0 amide bonds. The zero-order chi connectivity index (χ0) is 13.7. The monoisotopic (exact) mass is 255 g/mol. The predicted octanol–water partition coefficient (Wildman–Crippen LogP) is 3.85. The van der Waals surface area contributed by atoms with E-state index < -0.39 is 0 Å². The van der Waals surface area contributed by atoms with E-state index in [2.05, 4.69) is 55.6 Å². The zero-order valence-corrected chi connectivity index (χ0v) is 11.8. The quantitative estimate of drug-likeness (QED) is 0.876. The van der Waals surface area contributed by atoms with Crippen LogP contribution in [0.5, 0.6) is 5.75 Å². The summed E-state index contributed by atoms with van der Waals surface area (Å²) in [5.41, 5.74) is 3.73. The molecule has 0 aliphatic carbocycles. The lowest BCUT2D eigenvalue weighted by Gasteiger charge is -2.12. The second-order valence-corrected chi connectivity index (χ2v) is 4.86. The topological polar surface area (TPSA) is 21.3 Å². The summed E-state index contributed by atoms with van der Waals surface area (Å²) < 4.78 is 5.80. The van der Waals surface area contributed by atoms with Crippen LogP contribution in [0.2, 0.25) is 0 Å². The minimum Gasteiger partial charge on any atom is -0.489 e. The van der Waals surface area contributed by atoms with Crippen molar-refractivity contribution in [1.82, 2.24) is 5.32 Å². The van der Waals surface area contributed by atoms with Crippen molar-refractivity contribution in [2.45, 2.75) is 26.5 Å². The van der Waals surface area contributed by atoms with Gasteiger partial charge in [-0.05, 0) is 44.2 Å². The van der Waals surface area contributed by atoms with Crippen LogP contribution in [0.3, 0.4) is 0 Å². The van der Waals surface area contributed by atoms with Gasteiger partial charge in [0.05, 0.1) is 0 Å². The van der Waals surface area contributed by atoms with Gasteiger partial charge in [-0.2, -0.15) is 0 Å². The van der Waals surface area contributed by atoms with Gasteiger partial charge in [-0.15, -0.1) is 0 Å². The highest BCUT2D eigenvalue weighted by molar-refractivity contribution is 5.29. The first-order valence-electron chi connectivity index (χ1n) is 6.64. The highest BCUT2D eigenvalue weighted by Crippen LogP contribution is 2.18. The van der Waals surface area contributed by atoms with Gasteiger partial charge in [-0.3, -0.25) is 0 Å². The van der Waals surface area contributed by atoms with Crippen LogP contribution in [0.25, 0.3) is 0 Å². The van der Waals surface area contributed by atoms with Gasteiger partial charge in [0.1, 0.15) is 12.4 Å². The van der Waals surface area contributed by atoms with Gasteiger partial charge in [0.25, 0.3) is 0 Å². The van der Waals surface area contributed by atoms with E-state index in [9.17, 15) is 0 Å². The summed E-state index contributed by atoms with van der Waals surface area (Å²) in [6, 6.07) is 17.0. The van der Waals surface area contributed by atoms with Crippen LogP contribution >= 0.6 is 0 Å². The van der Waals surface area contributed by atoms with Crippen LogP contribution in [-0.2, 0) is 6.61 Å². The smallest absolute Gasteiger partial charge is 0.119 e. The van der Waals surface area contributed by atoms with Gasteiger partial charge in [0.15, 0.2) is 0 Å². The Morgan fingerprint density at radius 2 is 1.84 bits per heavy atom. The summed E-state index contributed by atoms with van der Waals surface area (Å²) in [6.07, 6.45) is 0. The van der Waals surface area contributed by atoms with E-state index in [4.69, 9.17) is 4.74 Å². The van der Waals surface area contributed by atoms with Crippen LogP contribution < -0.4 is 10.1 Å². The van der Waals surface area contributed by atoms with Gasteiger partial charge in [-0.1, -0.05) is 42.0 Å². The minimum atomic E-state index is 0.367. The summed E-state index contributed by atoms with van der Waals surface area (Å²) in [5.74, 6) is 0.911. The number of ether oxygens (including phenoxy) is 1. The third kappa shape index (κ3) is 3.83. The molecule has 0 aromatic heterocycles. The Labute approximate surface area is 115 Å². The Balaban J connectivity index is 1.96. The number of hydrogen-bond donors (Lipinski definition) is 1. The van der Waals surface area contributed by atoms with Crippen molar-refractivity contribution in [1.29, 1.82) is 0 Å². The van der Waals surface area contributed by atoms with Crippen molar-refractivity contribution in [2.75, 3.05) is 7.05 Å². The number of nitrogens with one attached hydrogen (secondary N) is 1. The zero-order valence-electron chi connectivity index (χ0n) is 11.8. The van der Waals surface area contributed by atoms with Crippen molar-refractivity contribution in [3.8, 4) is 5.75 Å². The van der Waals surface area contributed by atoms with Crippen molar-refractivity contribution in [3.63, 3.8) is 0 Å². The van der Waals surface area contributed by atoms with Crippen LogP contribution in [0.1, 0.15) is 29.7 Å². The number of benzene rings is 2. The molecule has 2 rings (SSSR count). The molecule has 0 fully saturated rings. The molecule has 1 unspecified atom stereocenters. The van der Waals surface area contributed by atoms with E-state index in [0.717, 1.165) is 5.75 Å². The molecule has 19 heavy (non-hydrogen) atoms. The minimum absolute atomic E-state index is 0.367. The Morgan fingerprint density at radius 3 is 2.47 bits per heavy atom. The summed E-state index contributed by atoms with van der Waals surface area (Å²) in [6.45, 7) is 4.85. The average molecular weight is 255 g/mol. The van der Waals surface area contributed by atoms with Gasteiger partial charge in [-0.25, -0.2) is 0 Å². The van der Waals surface area contributed by atoms with Crippen molar-refractivity contribution < 1.29 is 4.74 Å². The standard InChI is InChI=1S/C17H21NO/c1-13-5-4-6-15(11-13)12-19-17-9-7-16(8-10-17)14(2)18-3/h4-11,14,18H,12H2,1-3H3. The maximum absolute atomic E-state index is 5.80. The van der Waals surface area contributed by atoms with Crippen molar-refractivity contribution in [3.05, 3.63) is 65.2 Å². The highest BCUT2D eigenvalue weighted by Gasteiger charge is 2.02. The van der Waals surface area contributed by atoms with Crippen LogP contribution in [0.4, 0.5) is 0 Å². The van der Waals surface area contributed by atoms with E-state index in [1.165, 1.54) is 16.7 Å². The molecule has 0 spiro atoms. The average Bonchev–Trinajstić information content (AvgIpc) is 2.45. The summed E-state index contributed by atoms with van der Waals surface area (Å²) >= 11 is 0. The normalized spacial score (nSPS) is 12.2. The molecular weight excluding hydrogens is 234 g/mol. The Kier molecular flexibility index (Phi) is 4.58. The van der Waals surface area contributed by atoms with Crippen LogP contribution in [-0.4, -0.2) is 7.05 Å². The van der Waals surface area contributed by atoms with Gasteiger partial charge >= 0.3 is 0 Å². The molecular formula is C17H21NO. The highest BCUT2D eigenvalue weighted by atomic mass is 16.5. The first kappa shape index (κ1) is 13.6. The third-order valence-corrected chi connectivity index (χ3v) is 3.30. The van der Waals surface area contributed by atoms with Crippen LogP contribution in [0, 0.1) is 6.92 Å². The van der Waals surface area contributed by atoms with E-state index in [1.807, 2.05) is 19.2 Å². The van der Waals surface area contributed by atoms with Crippen LogP contribution in [0.15, 0.2) is 48.5 Å². The number of aryl methyl sites for hydroxylation is 1. The van der Waals surface area contributed by atoms with Crippen molar-refractivity contribution >= 4 is 0 Å². The maximum Gasteiger partial charge on any atom is 0.119 e. The third-order valence-electron chi connectivity index (χ3n) is 3.30. The van der Waals surface area contributed by atoms with Gasteiger partial charge in [0.2, 0.25) is 0 Å². The van der Waals surface area contributed by atoms with Crippen molar-refractivity contribution in [2.24, 2.45) is 0 Å². The molecule has 2 aromatic carbocycles. The molecule has 2 nitrogen and oxygen atoms in total. The molecule has 0 bridgehead atoms. The van der Waals surface area contributed by atoms with E-state index >= 15 is 0 Å². The number of hydrogen-bond acceptors (Lipinski definition) is 2. The molecule has 0 aliphatic rings. The first-order chi connectivity index (χ1) is 9.19. The maximum atomic E-state index is 5.80. The Hall–Kier alpha value is -1.80. The van der Waals surface area contributed by atoms with E-state index in [0.29, 0.717) is 12.6 Å². The molecule has 0 saturated carbocycles. The lowest BCUT2D eigenvalue weighted by atomic mass is 10.1. The molecule has 1 atom stereocenters. The fraction of sp³-hybridized carbons (Fsp3) is 0.294. The molecule has 2 heteroatoms. The molecule has 0 saturated heterocycles. The summed E-state index contributed by atoms with van der Waals surface area (Å²) in [5, 5.41) is 3.22. The fourth-order valence-corrected chi connectivity index (χ4v) is 1.99. The lowest BCUT2D eigenvalue weighted by Crippen LogP contribution is -2.11. The molecule has 2 aromatic rings. The largest absolute Gasteiger partial charge is 0.489 e. The van der Waals surface area contributed by atoms with E-state index in [1.54, 1.807) is 0 Å². The summed E-state index contributed by atoms with van der Waals surface area (Å²) in [7, 11) is 1.97. The van der Waals surface area contributed by atoms with Gasteiger partial charge in [0, 0.05) is 6.04 Å². The second kappa shape index (κ2) is 6.39. The fourth-order valence-electron chi connectivity index (χ4n) is 1.99. The molecule has 100 valence electrons. The summed E-state index contributed by atoms with van der Waals surface area (Å²) in [4.78, 5) is 0. The molecule has 0 heterocycles. The molecule has 1 N–H and O–H groups in total.